The third kappa shape index (κ3) is 4.11. The lowest BCUT2D eigenvalue weighted by atomic mass is 10.2. The molecule has 0 aliphatic rings. The van der Waals surface area contributed by atoms with Crippen molar-refractivity contribution in [3.8, 4) is 5.13 Å². The lowest BCUT2D eigenvalue weighted by Gasteiger charge is -2.05. The van der Waals surface area contributed by atoms with Gasteiger partial charge in [0.25, 0.3) is 5.91 Å². The van der Waals surface area contributed by atoms with Crippen LogP contribution in [0.15, 0.2) is 42.7 Å². The fourth-order valence-corrected chi connectivity index (χ4v) is 3.47. The smallest absolute Gasteiger partial charge is 0.263 e. The molecule has 130 valence electrons. The highest BCUT2D eigenvalue weighted by Crippen LogP contribution is 2.23. The van der Waals surface area contributed by atoms with E-state index < -0.39 is 11.6 Å². The first kappa shape index (κ1) is 17.3. The Labute approximate surface area is 148 Å². The van der Waals surface area contributed by atoms with Crippen molar-refractivity contribution in [1.82, 2.24) is 14.9 Å². The molecule has 0 bridgehead atoms. The second-order valence-electron chi connectivity index (χ2n) is 5.57. The number of nitrogens with one attached hydrogen (secondary N) is 1. The van der Waals surface area contributed by atoms with Gasteiger partial charge in [-0.1, -0.05) is 24.7 Å². The van der Waals surface area contributed by atoms with Gasteiger partial charge in [-0.15, -0.1) is 0 Å². The zero-order valence-corrected chi connectivity index (χ0v) is 14.4. The second kappa shape index (κ2) is 7.57. The van der Waals surface area contributed by atoms with E-state index in [1.54, 1.807) is 0 Å². The van der Waals surface area contributed by atoms with Crippen LogP contribution in [0.25, 0.3) is 5.13 Å². The summed E-state index contributed by atoms with van der Waals surface area (Å²) in [6.45, 7) is 2.07. The maximum Gasteiger partial charge on any atom is 0.263 e. The van der Waals surface area contributed by atoms with Crippen LogP contribution in [0.4, 0.5) is 8.78 Å². The third-order valence-corrected chi connectivity index (χ3v) is 4.69. The van der Waals surface area contributed by atoms with E-state index in [1.807, 2.05) is 36.0 Å². The first-order valence-corrected chi connectivity index (χ1v) is 8.74. The van der Waals surface area contributed by atoms with Gasteiger partial charge in [0, 0.05) is 25.0 Å². The van der Waals surface area contributed by atoms with Gasteiger partial charge < -0.3 is 9.88 Å². The quantitative estimate of drug-likeness (QED) is 0.719. The molecular weight excluding hydrogens is 344 g/mol. The number of amides is 1. The van der Waals surface area contributed by atoms with Crippen LogP contribution in [0.1, 0.15) is 34.3 Å². The summed E-state index contributed by atoms with van der Waals surface area (Å²) in [4.78, 5) is 17.6. The molecule has 1 aromatic carbocycles. The lowest BCUT2D eigenvalue weighted by Crippen LogP contribution is -2.23. The molecule has 4 nitrogen and oxygen atoms in total. The first-order chi connectivity index (χ1) is 12.1. The summed E-state index contributed by atoms with van der Waals surface area (Å²) < 4.78 is 28.3. The van der Waals surface area contributed by atoms with Gasteiger partial charge in [0.15, 0.2) is 5.13 Å². The van der Waals surface area contributed by atoms with Crippen molar-refractivity contribution in [2.45, 2.75) is 26.3 Å². The maximum absolute atomic E-state index is 13.2. The second-order valence-corrected chi connectivity index (χ2v) is 6.55. The molecule has 0 spiro atoms. The summed E-state index contributed by atoms with van der Waals surface area (Å²) in [5.74, 6) is -1.61. The van der Waals surface area contributed by atoms with Crippen molar-refractivity contribution in [3.05, 3.63) is 70.5 Å². The monoisotopic (exact) mass is 361 g/mol. The van der Waals surface area contributed by atoms with Crippen molar-refractivity contribution in [2.75, 3.05) is 0 Å². The van der Waals surface area contributed by atoms with Crippen LogP contribution in [0, 0.1) is 11.6 Å². The average molecular weight is 361 g/mol. The molecule has 0 aliphatic heterocycles. The normalized spacial score (nSPS) is 10.8. The summed E-state index contributed by atoms with van der Waals surface area (Å²) in [6.07, 6.45) is 5.29. The Morgan fingerprint density at radius 3 is 2.52 bits per heavy atom. The standard InChI is InChI=1S/C18H17F2N3OS/c1-2-5-15-16(25-18(22-15)23-6-3-4-7-23)17(24)21-11-12-8-13(19)10-14(20)9-12/h3-4,6-10H,2,5,11H2,1H3,(H,21,24). The predicted molar refractivity (Wildman–Crippen MR) is 93.0 cm³/mol. The number of hydrogen-bond donors (Lipinski definition) is 1. The summed E-state index contributed by atoms with van der Waals surface area (Å²) in [7, 11) is 0. The fraction of sp³-hybridized carbons (Fsp3) is 0.222. The SMILES string of the molecule is CCCc1nc(-n2cccc2)sc1C(=O)NCc1cc(F)cc(F)c1. The van der Waals surface area contributed by atoms with Gasteiger partial charge in [-0.3, -0.25) is 4.79 Å². The lowest BCUT2D eigenvalue weighted by molar-refractivity contribution is 0.0953. The molecule has 1 amide bonds. The van der Waals surface area contributed by atoms with Gasteiger partial charge in [-0.25, -0.2) is 13.8 Å². The van der Waals surface area contributed by atoms with E-state index >= 15 is 0 Å². The van der Waals surface area contributed by atoms with Gasteiger partial charge >= 0.3 is 0 Å². The highest BCUT2D eigenvalue weighted by atomic mass is 32.1. The van der Waals surface area contributed by atoms with Crippen molar-refractivity contribution >= 4 is 17.2 Å². The predicted octanol–water partition coefficient (Wildman–Crippen LogP) is 4.09. The van der Waals surface area contributed by atoms with E-state index in [9.17, 15) is 13.6 Å². The van der Waals surface area contributed by atoms with Gasteiger partial charge in [0.05, 0.1) is 5.69 Å². The number of rotatable bonds is 6. The minimum absolute atomic E-state index is 0.0514. The summed E-state index contributed by atoms with van der Waals surface area (Å²) in [5.41, 5.74) is 1.11. The number of aryl methyl sites for hydroxylation is 1. The van der Waals surface area contributed by atoms with E-state index in [1.165, 1.54) is 23.5 Å². The summed E-state index contributed by atoms with van der Waals surface area (Å²) in [6, 6.07) is 6.98. The fourth-order valence-electron chi connectivity index (χ4n) is 2.47. The van der Waals surface area contributed by atoms with Crippen LogP contribution >= 0.6 is 11.3 Å². The number of aromatic nitrogens is 2. The minimum atomic E-state index is -0.663. The van der Waals surface area contributed by atoms with E-state index in [-0.39, 0.29) is 12.5 Å². The molecule has 2 aromatic heterocycles. The van der Waals surface area contributed by atoms with Crippen molar-refractivity contribution < 1.29 is 13.6 Å². The molecule has 2 heterocycles. The van der Waals surface area contributed by atoms with Gasteiger partial charge in [-0.2, -0.15) is 0 Å². The van der Waals surface area contributed by atoms with Crippen LogP contribution in [0.3, 0.4) is 0 Å². The zero-order valence-electron chi connectivity index (χ0n) is 13.6. The molecule has 25 heavy (non-hydrogen) atoms. The van der Waals surface area contributed by atoms with Crippen LogP contribution in [0.5, 0.6) is 0 Å². The Kier molecular flexibility index (Phi) is 5.23. The maximum atomic E-state index is 13.2. The third-order valence-electron chi connectivity index (χ3n) is 3.58. The molecule has 0 saturated heterocycles. The van der Waals surface area contributed by atoms with Crippen LogP contribution in [-0.4, -0.2) is 15.5 Å². The van der Waals surface area contributed by atoms with Crippen LogP contribution < -0.4 is 5.32 Å². The molecule has 7 heteroatoms. The first-order valence-electron chi connectivity index (χ1n) is 7.93. The topological polar surface area (TPSA) is 46.9 Å². The molecule has 3 rings (SSSR count). The van der Waals surface area contributed by atoms with E-state index in [0.29, 0.717) is 16.9 Å². The molecule has 0 saturated carbocycles. The number of nitrogens with zero attached hydrogens (tertiary/aromatic N) is 2. The molecule has 3 aromatic rings. The molecule has 0 aliphatic carbocycles. The minimum Gasteiger partial charge on any atom is -0.347 e. The highest BCUT2D eigenvalue weighted by Gasteiger charge is 2.18. The van der Waals surface area contributed by atoms with Crippen molar-refractivity contribution in [2.24, 2.45) is 0 Å². The summed E-state index contributed by atoms with van der Waals surface area (Å²) in [5, 5.41) is 3.43. The summed E-state index contributed by atoms with van der Waals surface area (Å²) >= 11 is 1.30. The van der Waals surface area contributed by atoms with Gasteiger partial charge in [-0.05, 0) is 36.2 Å². The number of benzene rings is 1. The zero-order chi connectivity index (χ0) is 17.8. The van der Waals surface area contributed by atoms with Gasteiger partial charge in [0.2, 0.25) is 0 Å². The molecule has 0 unspecified atom stereocenters. The Hall–Kier alpha value is -2.54. The van der Waals surface area contributed by atoms with E-state index in [0.717, 1.165) is 23.3 Å². The Balaban J connectivity index is 1.78. The van der Waals surface area contributed by atoms with Crippen molar-refractivity contribution in [3.63, 3.8) is 0 Å². The molecule has 0 radical (unpaired) electrons. The molecule has 0 atom stereocenters. The molecule has 0 fully saturated rings. The number of carbonyl (C=O) groups excluding carboxylic acids is 1. The number of carbonyl (C=O) groups is 1. The Morgan fingerprint density at radius 2 is 1.88 bits per heavy atom. The molecular formula is C18H17F2N3OS. The van der Waals surface area contributed by atoms with Gasteiger partial charge in [0.1, 0.15) is 16.5 Å². The number of halogens is 2. The van der Waals surface area contributed by atoms with E-state index in [4.69, 9.17) is 0 Å². The van der Waals surface area contributed by atoms with Crippen LogP contribution in [0.2, 0.25) is 0 Å². The Bertz CT molecular complexity index is 854. The molecule has 1 N–H and O–H groups in total. The highest BCUT2D eigenvalue weighted by molar-refractivity contribution is 7.16. The largest absolute Gasteiger partial charge is 0.347 e. The van der Waals surface area contributed by atoms with Crippen LogP contribution in [-0.2, 0) is 13.0 Å². The number of hydrogen-bond acceptors (Lipinski definition) is 3. The van der Waals surface area contributed by atoms with E-state index in [2.05, 4.69) is 10.3 Å². The average Bonchev–Trinajstić information content (AvgIpc) is 3.21. The number of thiazole rings is 1. The van der Waals surface area contributed by atoms with Crippen molar-refractivity contribution in [1.29, 1.82) is 0 Å². The Morgan fingerprint density at radius 1 is 1.20 bits per heavy atom.